The van der Waals surface area contributed by atoms with Crippen LogP contribution in [0.4, 0.5) is 0 Å². The van der Waals surface area contributed by atoms with Crippen molar-refractivity contribution in [2.45, 2.75) is 39.2 Å². The molecular weight excluding hydrogens is 302 g/mol. The van der Waals surface area contributed by atoms with Crippen LogP contribution in [0.1, 0.15) is 54.3 Å². The van der Waals surface area contributed by atoms with Gasteiger partial charge in [0.1, 0.15) is 5.69 Å². The fourth-order valence-electron chi connectivity index (χ4n) is 2.92. The van der Waals surface area contributed by atoms with Gasteiger partial charge in [0.2, 0.25) is 0 Å². The number of nitrogens with one attached hydrogen (secondary N) is 2. The van der Waals surface area contributed by atoms with E-state index in [0.29, 0.717) is 11.8 Å². The van der Waals surface area contributed by atoms with Crippen LogP contribution < -0.4 is 10.9 Å². The zero-order valence-electron chi connectivity index (χ0n) is 14.1. The van der Waals surface area contributed by atoms with E-state index in [0.717, 1.165) is 24.8 Å². The number of aromatic nitrogens is 2. The Morgan fingerprint density at radius 1 is 1.21 bits per heavy atom. The topological polar surface area (TPSA) is 74.8 Å². The maximum Gasteiger partial charge on any atom is 0.272 e. The van der Waals surface area contributed by atoms with Crippen molar-refractivity contribution in [1.82, 2.24) is 15.5 Å². The van der Waals surface area contributed by atoms with Crippen LogP contribution >= 0.6 is 0 Å². The number of hydrogen-bond donors (Lipinski definition) is 2. The summed E-state index contributed by atoms with van der Waals surface area (Å²) in [4.78, 5) is 23.5. The van der Waals surface area contributed by atoms with Crippen LogP contribution in [0, 0.1) is 11.8 Å². The van der Waals surface area contributed by atoms with Gasteiger partial charge in [-0.3, -0.25) is 9.59 Å². The van der Waals surface area contributed by atoms with E-state index in [4.69, 9.17) is 0 Å². The maximum absolute atomic E-state index is 12.4. The Balaban J connectivity index is 1.74. The summed E-state index contributed by atoms with van der Waals surface area (Å²) >= 11 is 0. The number of aromatic amines is 1. The van der Waals surface area contributed by atoms with Crippen molar-refractivity contribution in [3.05, 3.63) is 63.6 Å². The van der Waals surface area contributed by atoms with E-state index in [2.05, 4.69) is 53.6 Å². The summed E-state index contributed by atoms with van der Waals surface area (Å²) in [5.41, 5.74) is 2.36. The quantitative estimate of drug-likeness (QED) is 0.857. The van der Waals surface area contributed by atoms with Gasteiger partial charge in [0.15, 0.2) is 0 Å². The first-order valence-corrected chi connectivity index (χ1v) is 8.48. The number of H-pyrrole nitrogens is 1. The van der Waals surface area contributed by atoms with Crippen molar-refractivity contribution in [2.75, 3.05) is 0 Å². The molecule has 0 bridgehead atoms. The van der Waals surface area contributed by atoms with E-state index < -0.39 is 0 Å². The zero-order valence-corrected chi connectivity index (χ0v) is 14.1. The number of rotatable bonds is 6. The van der Waals surface area contributed by atoms with E-state index in [1.807, 2.05) is 0 Å². The van der Waals surface area contributed by atoms with Crippen molar-refractivity contribution < 1.29 is 4.79 Å². The number of hydrogen-bond acceptors (Lipinski definition) is 3. The summed E-state index contributed by atoms with van der Waals surface area (Å²) in [5.74, 6) is 0.850. The molecule has 3 rings (SSSR count). The Kier molecular flexibility index (Phi) is 4.79. The van der Waals surface area contributed by atoms with Gasteiger partial charge in [-0.1, -0.05) is 38.1 Å². The molecule has 1 aliphatic rings. The van der Waals surface area contributed by atoms with Crippen molar-refractivity contribution in [3.63, 3.8) is 0 Å². The molecule has 126 valence electrons. The fraction of sp³-hybridized carbons (Fsp3) is 0.421. The van der Waals surface area contributed by atoms with Crippen molar-refractivity contribution in [2.24, 2.45) is 11.8 Å². The molecule has 0 saturated heterocycles. The minimum absolute atomic E-state index is 0.000622. The molecule has 1 heterocycles. The fourth-order valence-corrected chi connectivity index (χ4v) is 2.92. The van der Waals surface area contributed by atoms with Crippen LogP contribution in [-0.2, 0) is 6.42 Å². The highest BCUT2D eigenvalue weighted by Crippen LogP contribution is 2.41. The number of carbonyl (C=O) groups is 1. The molecule has 0 radical (unpaired) electrons. The highest BCUT2D eigenvalue weighted by atomic mass is 16.2. The second-order valence-corrected chi connectivity index (χ2v) is 6.93. The molecule has 1 aromatic carbocycles. The first-order chi connectivity index (χ1) is 11.5. The molecule has 1 aromatic heterocycles. The van der Waals surface area contributed by atoms with Gasteiger partial charge in [-0.25, -0.2) is 5.10 Å². The minimum atomic E-state index is -0.314. The predicted octanol–water partition coefficient (Wildman–Crippen LogP) is 2.85. The monoisotopic (exact) mass is 325 g/mol. The molecule has 0 unspecified atom stereocenters. The number of amides is 1. The van der Waals surface area contributed by atoms with Gasteiger partial charge >= 0.3 is 0 Å². The van der Waals surface area contributed by atoms with Gasteiger partial charge < -0.3 is 5.32 Å². The molecule has 5 nitrogen and oxygen atoms in total. The second-order valence-electron chi connectivity index (χ2n) is 6.93. The van der Waals surface area contributed by atoms with Gasteiger partial charge in [0, 0.05) is 6.07 Å². The van der Waals surface area contributed by atoms with Crippen LogP contribution in [0.2, 0.25) is 0 Å². The lowest BCUT2D eigenvalue weighted by atomic mass is 9.97. The van der Waals surface area contributed by atoms with Gasteiger partial charge in [-0.2, -0.15) is 5.10 Å². The number of carbonyl (C=O) groups excluding carboxylic acids is 1. The molecule has 2 N–H and O–H groups in total. The molecular formula is C19H23N3O2. The summed E-state index contributed by atoms with van der Waals surface area (Å²) in [7, 11) is 0. The third-order valence-corrected chi connectivity index (χ3v) is 4.27. The van der Waals surface area contributed by atoms with Gasteiger partial charge in [0.05, 0.1) is 6.04 Å². The van der Waals surface area contributed by atoms with Crippen LogP contribution in [0.5, 0.6) is 0 Å². The Hall–Kier alpha value is -2.43. The van der Waals surface area contributed by atoms with E-state index in [1.165, 1.54) is 17.7 Å². The first-order valence-electron chi connectivity index (χ1n) is 8.48. The number of benzene rings is 1. The lowest BCUT2D eigenvalue weighted by Crippen LogP contribution is -2.31. The average molecular weight is 325 g/mol. The standard InChI is InChI=1S/C19H23N3O2/c1-12(2)11-13-3-5-14(6-4-13)18(15-7-8-15)20-19(24)16-9-10-17(23)22-21-16/h3-6,9-10,12,15,18H,7-8,11H2,1-2H3,(H,20,24)(H,22,23)/t18-/m1/s1. The highest BCUT2D eigenvalue weighted by Gasteiger charge is 2.33. The maximum atomic E-state index is 12.4. The lowest BCUT2D eigenvalue weighted by molar-refractivity contribution is 0.0925. The predicted molar refractivity (Wildman–Crippen MR) is 92.8 cm³/mol. The second kappa shape index (κ2) is 6.99. The SMILES string of the molecule is CC(C)Cc1ccc([C@@H](NC(=O)c2ccc(=O)[nH]n2)C2CC2)cc1. The normalized spacial score (nSPS) is 15.3. The Labute approximate surface area is 141 Å². The molecule has 1 saturated carbocycles. The highest BCUT2D eigenvalue weighted by molar-refractivity contribution is 5.92. The molecule has 1 aliphatic carbocycles. The van der Waals surface area contributed by atoms with Gasteiger partial charge in [-0.15, -0.1) is 0 Å². The molecule has 5 heteroatoms. The van der Waals surface area contributed by atoms with Crippen molar-refractivity contribution >= 4 is 5.91 Å². The van der Waals surface area contributed by atoms with Crippen LogP contribution in [0.15, 0.2) is 41.2 Å². The third-order valence-electron chi connectivity index (χ3n) is 4.27. The van der Waals surface area contributed by atoms with Crippen LogP contribution in [-0.4, -0.2) is 16.1 Å². The Morgan fingerprint density at radius 2 is 1.92 bits per heavy atom. The van der Waals surface area contributed by atoms with E-state index in [-0.39, 0.29) is 23.2 Å². The molecule has 1 fully saturated rings. The minimum Gasteiger partial charge on any atom is -0.344 e. The summed E-state index contributed by atoms with van der Waals surface area (Å²) in [6.45, 7) is 4.41. The molecule has 0 spiro atoms. The lowest BCUT2D eigenvalue weighted by Gasteiger charge is -2.19. The first kappa shape index (κ1) is 16.4. The molecule has 1 atom stereocenters. The van der Waals surface area contributed by atoms with Crippen LogP contribution in [0.3, 0.4) is 0 Å². The van der Waals surface area contributed by atoms with Crippen molar-refractivity contribution in [1.29, 1.82) is 0 Å². The molecule has 24 heavy (non-hydrogen) atoms. The molecule has 0 aliphatic heterocycles. The van der Waals surface area contributed by atoms with Crippen LogP contribution in [0.25, 0.3) is 0 Å². The summed E-state index contributed by atoms with van der Waals surface area (Å²) in [6.07, 6.45) is 3.30. The Morgan fingerprint density at radius 3 is 2.46 bits per heavy atom. The Bertz CT molecular complexity index is 740. The zero-order chi connectivity index (χ0) is 17.1. The number of nitrogens with zero attached hydrogens (tertiary/aromatic N) is 1. The van der Waals surface area contributed by atoms with Crippen molar-refractivity contribution in [3.8, 4) is 0 Å². The van der Waals surface area contributed by atoms with E-state index in [1.54, 1.807) is 0 Å². The largest absolute Gasteiger partial charge is 0.344 e. The van der Waals surface area contributed by atoms with Gasteiger partial charge in [0.25, 0.3) is 11.5 Å². The summed E-state index contributed by atoms with van der Waals surface area (Å²) < 4.78 is 0. The smallest absolute Gasteiger partial charge is 0.272 e. The summed E-state index contributed by atoms with van der Waals surface area (Å²) in [6, 6.07) is 11.3. The molecule has 2 aromatic rings. The summed E-state index contributed by atoms with van der Waals surface area (Å²) in [5, 5.41) is 9.17. The molecule has 1 amide bonds. The third kappa shape index (κ3) is 4.10. The van der Waals surface area contributed by atoms with Gasteiger partial charge in [-0.05, 0) is 48.3 Å². The van der Waals surface area contributed by atoms with E-state index >= 15 is 0 Å². The van der Waals surface area contributed by atoms with E-state index in [9.17, 15) is 9.59 Å². The average Bonchev–Trinajstić information content (AvgIpc) is 3.38.